The summed E-state index contributed by atoms with van der Waals surface area (Å²) < 4.78 is 8.11. The maximum absolute atomic E-state index is 5.91. The van der Waals surface area contributed by atoms with E-state index in [1.165, 1.54) is 56.7 Å². The molecule has 0 amide bonds. The van der Waals surface area contributed by atoms with Gasteiger partial charge < -0.3 is 5.32 Å². The highest BCUT2D eigenvalue weighted by Gasteiger charge is 2.14. The Balaban J connectivity index is 1.89. The summed E-state index contributed by atoms with van der Waals surface area (Å²) in [6.07, 6.45) is 9.20. The number of nitrogens with zero attached hydrogens (tertiary/aromatic N) is 2. The molecule has 1 aromatic heterocycles. The van der Waals surface area contributed by atoms with Crippen LogP contribution < -0.4 is 5.32 Å². The van der Waals surface area contributed by atoms with Crippen molar-refractivity contribution < 1.29 is 0 Å². The molecule has 0 bridgehead atoms. The summed E-state index contributed by atoms with van der Waals surface area (Å²) >= 11 is 7.08. The van der Waals surface area contributed by atoms with Crippen molar-refractivity contribution >= 4 is 29.1 Å². The van der Waals surface area contributed by atoms with Crippen LogP contribution in [0.15, 0.2) is 0 Å². The lowest BCUT2D eigenvalue weighted by molar-refractivity contribution is 0.471. The second kappa shape index (κ2) is 5.66. The molecular formula is C10H16ClN3S. The van der Waals surface area contributed by atoms with Crippen molar-refractivity contribution in [3.05, 3.63) is 5.15 Å². The third-order valence-electron chi connectivity index (χ3n) is 2.89. The molecule has 3 nitrogen and oxygen atoms in total. The molecule has 1 saturated carbocycles. The van der Waals surface area contributed by atoms with Crippen LogP contribution in [0.5, 0.6) is 0 Å². The molecule has 0 aromatic carbocycles. The Morgan fingerprint density at radius 3 is 2.33 bits per heavy atom. The lowest BCUT2D eigenvalue weighted by atomic mass is 9.97. The number of rotatable bonds is 2. The van der Waals surface area contributed by atoms with Gasteiger partial charge in [-0.05, 0) is 12.8 Å². The lowest BCUT2D eigenvalue weighted by Gasteiger charge is -2.20. The van der Waals surface area contributed by atoms with Crippen molar-refractivity contribution in [3.8, 4) is 0 Å². The first-order valence-corrected chi connectivity index (χ1v) is 6.71. The van der Waals surface area contributed by atoms with Crippen LogP contribution in [0.4, 0.5) is 5.82 Å². The van der Waals surface area contributed by atoms with E-state index in [9.17, 15) is 0 Å². The molecule has 1 aromatic rings. The Bertz CT molecular complexity index is 295. The van der Waals surface area contributed by atoms with E-state index in [-0.39, 0.29) is 0 Å². The predicted molar refractivity (Wildman–Crippen MR) is 64.6 cm³/mol. The number of aromatic nitrogens is 2. The zero-order chi connectivity index (χ0) is 10.5. The van der Waals surface area contributed by atoms with E-state index in [1.54, 1.807) is 0 Å². The molecule has 2 rings (SSSR count). The summed E-state index contributed by atoms with van der Waals surface area (Å²) in [6, 6.07) is 0.534. The first kappa shape index (κ1) is 11.1. The van der Waals surface area contributed by atoms with Crippen LogP contribution in [0.2, 0.25) is 5.15 Å². The summed E-state index contributed by atoms with van der Waals surface area (Å²) in [5, 5.41) is 3.92. The van der Waals surface area contributed by atoms with Crippen LogP contribution in [0.3, 0.4) is 0 Å². The molecule has 0 atom stereocenters. The molecule has 1 fully saturated rings. The van der Waals surface area contributed by atoms with Gasteiger partial charge in [-0.1, -0.05) is 43.7 Å². The minimum absolute atomic E-state index is 0.516. The maximum atomic E-state index is 5.91. The molecule has 0 saturated heterocycles. The SMILES string of the molecule is Clc1nsnc1NC1CCCCCCC1. The summed E-state index contributed by atoms with van der Waals surface area (Å²) in [5.74, 6) is 0.771. The Morgan fingerprint density at radius 2 is 1.73 bits per heavy atom. The largest absolute Gasteiger partial charge is 0.364 e. The second-order valence-corrected chi connectivity index (χ2v) is 4.98. The summed E-state index contributed by atoms with van der Waals surface area (Å²) in [6.45, 7) is 0. The first-order chi connectivity index (χ1) is 7.36. The zero-order valence-corrected chi connectivity index (χ0v) is 10.3. The Morgan fingerprint density at radius 1 is 1.07 bits per heavy atom. The molecule has 1 heterocycles. The molecule has 1 N–H and O–H groups in total. The quantitative estimate of drug-likeness (QED) is 0.863. The molecule has 0 spiro atoms. The molecule has 1 aliphatic carbocycles. The van der Waals surface area contributed by atoms with Crippen molar-refractivity contribution in [1.29, 1.82) is 0 Å². The van der Waals surface area contributed by atoms with Crippen LogP contribution in [-0.4, -0.2) is 14.8 Å². The monoisotopic (exact) mass is 245 g/mol. The van der Waals surface area contributed by atoms with Crippen LogP contribution in [-0.2, 0) is 0 Å². The van der Waals surface area contributed by atoms with Gasteiger partial charge >= 0.3 is 0 Å². The highest BCUT2D eigenvalue weighted by Crippen LogP contribution is 2.23. The van der Waals surface area contributed by atoms with Crippen molar-refractivity contribution in [2.24, 2.45) is 0 Å². The van der Waals surface area contributed by atoms with Gasteiger partial charge in [-0.15, -0.1) is 0 Å². The van der Waals surface area contributed by atoms with Gasteiger partial charge in [-0.25, -0.2) is 0 Å². The van der Waals surface area contributed by atoms with E-state index in [2.05, 4.69) is 14.1 Å². The molecule has 0 radical (unpaired) electrons. The first-order valence-electron chi connectivity index (χ1n) is 5.61. The fraction of sp³-hybridized carbons (Fsp3) is 0.800. The van der Waals surface area contributed by atoms with Gasteiger partial charge in [0.2, 0.25) is 0 Å². The summed E-state index contributed by atoms with van der Waals surface area (Å²) in [5.41, 5.74) is 0. The van der Waals surface area contributed by atoms with E-state index < -0.39 is 0 Å². The molecule has 1 aliphatic rings. The second-order valence-electron chi connectivity index (χ2n) is 4.09. The van der Waals surface area contributed by atoms with E-state index in [1.807, 2.05) is 0 Å². The molecular weight excluding hydrogens is 230 g/mol. The normalized spacial score (nSPS) is 19.5. The van der Waals surface area contributed by atoms with Gasteiger partial charge in [0.05, 0.1) is 11.7 Å². The molecule has 5 heteroatoms. The highest BCUT2D eigenvalue weighted by atomic mass is 35.5. The summed E-state index contributed by atoms with van der Waals surface area (Å²) in [4.78, 5) is 0. The molecule has 0 aliphatic heterocycles. The predicted octanol–water partition coefficient (Wildman–Crippen LogP) is 3.72. The standard InChI is InChI=1S/C10H16ClN3S/c11-9-10(14-15-13-9)12-8-6-4-2-1-3-5-7-8/h8H,1-7H2,(H,12,14). The smallest absolute Gasteiger partial charge is 0.186 e. The average Bonchev–Trinajstić information content (AvgIpc) is 2.56. The minimum Gasteiger partial charge on any atom is -0.364 e. The van der Waals surface area contributed by atoms with Crippen LogP contribution in [0, 0.1) is 0 Å². The Hall–Kier alpha value is -0.350. The van der Waals surface area contributed by atoms with Crippen molar-refractivity contribution in [2.75, 3.05) is 5.32 Å². The van der Waals surface area contributed by atoms with Crippen LogP contribution >= 0.6 is 23.3 Å². The van der Waals surface area contributed by atoms with Crippen molar-refractivity contribution in [2.45, 2.75) is 51.0 Å². The highest BCUT2D eigenvalue weighted by molar-refractivity contribution is 6.99. The number of hydrogen-bond acceptors (Lipinski definition) is 4. The van der Waals surface area contributed by atoms with Gasteiger partial charge in [0.25, 0.3) is 0 Å². The molecule has 0 unspecified atom stereocenters. The number of nitrogens with one attached hydrogen (secondary N) is 1. The number of anilines is 1. The van der Waals surface area contributed by atoms with Gasteiger partial charge in [0.15, 0.2) is 11.0 Å². The zero-order valence-electron chi connectivity index (χ0n) is 8.71. The van der Waals surface area contributed by atoms with Gasteiger partial charge in [0, 0.05) is 6.04 Å². The fourth-order valence-electron chi connectivity index (χ4n) is 2.06. The third kappa shape index (κ3) is 3.31. The van der Waals surface area contributed by atoms with E-state index in [0.717, 1.165) is 5.82 Å². The van der Waals surface area contributed by atoms with Gasteiger partial charge in [-0.2, -0.15) is 8.75 Å². The van der Waals surface area contributed by atoms with Crippen LogP contribution in [0.1, 0.15) is 44.9 Å². The lowest BCUT2D eigenvalue weighted by Crippen LogP contribution is -2.20. The average molecular weight is 246 g/mol. The maximum Gasteiger partial charge on any atom is 0.186 e. The van der Waals surface area contributed by atoms with E-state index in [0.29, 0.717) is 11.2 Å². The van der Waals surface area contributed by atoms with E-state index in [4.69, 9.17) is 11.6 Å². The number of hydrogen-bond donors (Lipinski definition) is 1. The Kier molecular flexibility index (Phi) is 4.20. The molecule has 84 valence electrons. The summed E-state index contributed by atoms with van der Waals surface area (Å²) in [7, 11) is 0. The Labute approximate surface area is 99.6 Å². The number of halogens is 1. The van der Waals surface area contributed by atoms with Crippen LogP contribution in [0.25, 0.3) is 0 Å². The van der Waals surface area contributed by atoms with Gasteiger partial charge in [0.1, 0.15) is 0 Å². The minimum atomic E-state index is 0.516. The van der Waals surface area contributed by atoms with E-state index >= 15 is 0 Å². The van der Waals surface area contributed by atoms with Crippen molar-refractivity contribution in [1.82, 2.24) is 8.75 Å². The topological polar surface area (TPSA) is 37.8 Å². The fourth-order valence-corrected chi connectivity index (χ4v) is 2.72. The molecule has 15 heavy (non-hydrogen) atoms. The van der Waals surface area contributed by atoms with Crippen molar-refractivity contribution in [3.63, 3.8) is 0 Å². The third-order valence-corrected chi connectivity index (χ3v) is 3.79. The van der Waals surface area contributed by atoms with Gasteiger partial charge in [-0.3, -0.25) is 0 Å².